The predicted molar refractivity (Wildman–Crippen MR) is 60.5 cm³/mol. The van der Waals surface area contributed by atoms with E-state index < -0.39 is 4.92 Å². The van der Waals surface area contributed by atoms with Gasteiger partial charge in [0, 0.05) is 23.5 Å². The lowest BCUT2D eigenvalue weighted by atomic mass is 10.2. The molecule has 1 rings (SSSR count). The fraction of sp³-hybridized carbons (Fsp3) is 0.444. The number of pyridine rings is 1. The Hall–Kier alpha value is -1.17. The first kappa shape index (κ1) is 11.9. The molecule has 0 fully saturated rings. The Bertz CT molecular complexity index is 428. The number of halogens is 1. The van der Waals surface area contributed by atoms with Crippen LogP contribution in [0.1, 0.15) is 12.0 Å². The number of nitro groups is 1. The predicted octanol–water partition coefficient (Wildman–Crippen LogP) is 1.85. The molecule has 0 unspecified atom stereocenters. The summed E-state index contributed by atoms with van der Waals surface area (Å²) in [5.74, 6) is 0. The Balaban J connectivity index is 3.12. The van der Waals surface area contributed by atoms with Crippen molar-refractivity contribution in [3.05, 3.63) is 38.3 Å². The van der Waals surface area contributed by atoms with Crippen LogP contribution in [0.25, 0.3) is 0 Å². The van der Waals surface area contributed by atoms with Crippen LogP contribution in [0, 0.1) is 17.0 Å². The van der Waals surface area contributed by atoms with Gasteiger partial charge in [0.1, 0.15) is 0 Å². The number of rotatable bonds is 4. The zero-order chi connectivity index (χ0) is 11.4. The van der Waals surface area contributed by atoms with Crippen molar-refractivity contribution in [2.75, 3.05) is 5.33 Å². The maximum Gasteiger partial charge on any atom is 0.288 e. The van der Waals surface area contributed by atoms with E-state index in [1.54, 1.807) is 6.92 Å². The second kappa shape index (κ2) is 5.06. The molecule has 0 saturated heterocycles. The lowest BCUT2D eigenvalue weighted by Gasteiger charge is -2.04. The number of alkyl halides is 1. The molecule has 0 atom stereocenters. The van der Waals surface area contributed by atoms with Crippen LogP contribution < -0.4 is 5.56 Å². The molecule has 0 aliphatic carbocycles. The highest BCUT2D eigenvalue weighted by atomic mass is 79.9. The fourth-order valence-corrected chi connectivity index (χ4v) is 1.50. The second-order valence-electron chi connectivity index (χ2n) is 3.17. The van der Waals surface area contributed by atoms with Crippen molar-refractivity contribution in [2.45, 2.75) is 19.9 Å². The average Bonchev–Trinajstić information content (AvgIpc) is 2.16. The van der Waals surface area contributed by atoms with Crippen molar-refractivity contribution in [3.63, 3.8) is 0 Å². The molecule has 0 aromatic carbocycles. The quantitative estimate of drug-likeness (QED) is 0.478. The zero-order valence-corrected chi connectivity index (χ0v) is 9.86. The molecule has 1 aromatic rings. The third-order valence-electron chi connectivity index (χ3n) is 2.03. The number of hydrogen-bond donors (Lipinski definition) is 0. The zero-order valence-electron chi connectivity index (χ0n) is 8.27. The molecule has 6 heteroatoms. The van der Waals surface area contributed by atoms with E-state index in [-0.39, 0.29) is 11.2 Å². The van der Waals surface area contributed by atoms with E-state index in [0.29, 0.717) is 12.1 Å². The molecule has 0 saturated carbocycles. The minimum atomic E-state index is -0.473. The van der Waals surface area contributed by atoms with Gasteiger partial charge in [-0.05, 0) is 13.3 Å². The summed E-state index contributed by atoms with van der Waals surface area (Å²) in [5.41, 5.74) is 0.198. The summed E-state index contributed by atoms with van der Waals surface area (Å²) in [6.07, 6.45) is 2.07. The molecule has 1 aromatic heterocycles. The van der Waals surface area contributed by atoms with Crippen molar-refractivity contribution in [1.82, 2.24) is 4.57 Å². The van der Waals surface area contributed by atoms with E-state index >= 15 is 0 Å². The molecule has 0 N–H and O–H groups in total. The van der Waals surface area contributed by atoms with E-state index in [9.17, 15) is 14.9 Å². The van der Waals surface area contributed by atoms with Crippen LogP contribution in [-0.4, -0.2) is 14.8 Å². The number of hydrogen-bond acceptors (Lipinski definition) is 3. The van der Waals surface area contributed by atoms with Crippen molar-refractivity contribution >= 4 is 21.6 Å². The first-order valence-corrected chi connectivity index (χ1v) is 5.60. The Morgan fingerprint density at radius 3 is 2.80 bits per heavy atom. The van der Waals surface area contributed by atoms with Crippen LogP contribution in [-0.2, 0) is 6.54 Å². The van der Waals surface area contributed by atoms with Crippen molar-refractivity contribution < 1.29 is 4.92 Å². The van der Waals surface area contributed by atoms with Crippen LogP contribution in [0.5, 0.6) is 0 Å². The first-order chi connectivity index (χ1) is 7.06. The largest absolute Gasteiger partial charge is 0.309 e. The van der Waals surface area contributed by atoms with Gasteiger partial charge >= 0.3 is 0 Å². The number of nitrogens with zero attached hydrogens (tertiary/aromatic N) is 2. The highest BCUT2D eigenvalue weighted by Gasteiger charge is 2.12. The minimum Gasteiger partial charge on any atom is -0.309 e. The summed E-state index contributed by atoms with van der Waals surface area (Å²) < 4.78 is 1.37. The van der Waals surface area contributed by atoms with Gasteiger partial charge in [-0.1, -0.05) is 15.9 Å². The first-order valence-electron chi connectivity index (χ1n) is 4.47. The molecule has 1 heterocycles. The summed E-state index contributed by atoms with van der Waals surface area (Å²) in [6, 6.07) is 1.30. The van der Waals surface area contributed by atoms with Gasteiger partial charge in [-0.25, -0.2) is 0 Å². The molecule has 0 aliphatic rings. The van der Waals surface area contributed by atoms with Gasteiger partial charge in [0.25, 0.3) is 11.2 Å². The summed E-state index contributed by atoms with van der Waals surface area (Å²) in [6.45, 7) is 2.06. The number of aromatic nitrogens is 1. The molecule has 5 nitrogen and oxygen atoms in total. The SMILES string of the molecule is Cc1cc(=O)n(CCCBr)cc1[N+](=O)[O-]. The molecule has 82 valence electrons. The second-order valence-corrected chi connectivity index (χ2v) is 3.97. The van der Waals surface area contributed by atoms with Gasteiger partial charge in [0.05, 0.1) is 11.1 Å². The van der Waals surface area contributed by atoms with Gasteiger partial charge in [0.15, 0.2) is 0 Å². The molecule has 15 heavy (non-hydrogen) atoms. The summed E-state index contributed by atoms with van der Waals surface area (Å²) in [4.78, 5) is 21.6. The van der Waals surface area contributed by atoms with E-state index in [4.69, 9.17) is 0 Å². The van der Waals surface area contributed by atoms with E-state index in [0.717, 1.165) is 11.8 Å². The lowest BCUT2D eigenvalue weighted by molar-refractivity contribution is -0.385. The third-order valence-corrected chi connectivity index (χ3v) is 2.60. The maximum absolute atomic E-state index is 11.4. The molecular weight excluding hydrogens is 264 g/mol. The maximum atomic E-state index is 11.4. The minimum absolute atomic E-state index is 0.0100. The summed E-state index contributed by atoms with van der Waals surface area (Å²) in [7, 11) is 0. The molecule has 0 bridgehead atoms. The Kier molecular flexibility index (Phi) is 4.02. The molecular formula is C9H11BrN2O3. The van der Waals surface area contributed by atoms with Crippen LogP contribution in [0.2, 0.25) is 0 Å². The van der Waals surface area contributed by atoms with Gasteiger partial charge in [-0.3, -0.25) is 14.9 Å². The highest BCUT2D eigenvalue weighted by molar-refractivity contribution is 9.09. The lowest BCUT2D eigenvalue weighted by Crippen LogP contribution is -2.20. The summed E-state index contributed by atoms with van der Waals surface area (Å²) in [5, 5.41) is 11.4. The van der Waals surface area contributed by atoms with Crippen molar-refractivity contribution in [3.8, 4) is 0 Å². The van der Waals surface area contributed by atoms with E-state index in [2.05, 4.69) is 15.9 Å². The smallest absolute Gasteiger partial charge is 0.288 e. The van der Waals surface area contributed by atoms with Gasteiger partial charge in [0.2, 0.25) is 0 Å². The Morgan fingerprint density at radius 1 is 1.60 bits per heavy atom. The highest BCUT2D eigenvalue weighted by Crippen LogP contribution is 2.14. The molecule has 0 spiro atoms. The van der Waals surface area contributed by atoms with Crippen molar-refractivity contribution in [2.24, 2.45) is 0 Å². The standard InChI is InChI=1S/C9H11BrN2O3/c1-7-5-9(13)11(4-2-3-10)6-8(7)12(14)15/h5-6H,2-4H2,1H3. The normalized spacial score (nSPS) is 10.3. The molecule has 0 amide bonds. The van der Waals surface area contributed by atoms with Gasteiger partial charge in [-0.2, -0.15) is 0 Å². The monoisotopic (exact) mass is 274 g/mol. The van der Waals surface area contributed by atoms with Crippen LogP contribution in [0.4, 0.5) is 5.69 Å². The van der Waals surface area contributed by atoms with Crippen LogP contribution in [0.3, 0.4) is 0 Å². The molecule has 0 radical (unpaired) electrons. The topological polar surface area (TPSA) is 65.1 Å². The van der Waals surface area contributed by atoms with Crippen LogP contribution in [0.15, 0.2) is 17.1 Å². The van der Waals surface area contributed by atoms with Gasteiger partial charge in [-0.15, -0.1) is 0 Å². The van der Waals surface area contributed by atoms with Crippen molar-refractivity contribution in [1.29, 1.82) is 0 Å². The Morgan fingerprint density at radius 2 is 2.27 bits per heavy atom. The van der Waals surface area contributed by atoms with E-state index in [1.165, 1.54) is 16.8 Å². The Labute approximate surface area is 95.0 Å². The third kappa shape index (κ3) is 2.89. The van der Waals surface area contributed by atoms with Gasteiger partial charge < -0.3 is 4.57 Å². The average molecular weight is 275 g/mol. The fourth-order valence-electron chi connectivity index (χ4n) is 1.25. The number of aryl methyl sites for hydroxylation is 2. The molecule has 0 aliphatic heterocycles. The summed E-state index contributed by atoms with van der Waals surface area (Å²) >= 11 is 3.24. The van der Waals surface area contributed by atoms with Crippen LogP contribution >= 0.6 is 15.9 Å². The van der Waals surface area contributed by atoms with E-state index in [1.807, 2.05) is 0 Å².